The van der Waals surface area contributed by atoms with E-state index in [0.29, 0.717) is 13.0 Å². The van der Waals surface area contributed by atoms with Crippen molar-refractivity contribution in [3.05, 3.63) is 35.9 Å². The third-order valence-electron chi connectivity index (χ3n) is 3.96. The van der Waals surface area contributed by atoms with E-state index in [1.807, 2.05) is 6.92 Å². The van der Waals surface area contributed by atoms with Gasteiger partial charge < -0.3 is 4.74 Å². The number of ether oxygens (including phenoxy) is 1. The summed E-state index contributed by atoms with van der Waals surface area (Å²) in [7, 11) is 0. The summed E-state index contributed by atoms with van der Waals surface area (Å²) < 4.78 is 5.09. The van der Waals surface area contributed by atoms with Gasteiger partial charge in [-0.15, -0.1) is 0 Å². The van der Waals surface area contributed by atoms with Crippen molar-refractivity contribution < 1.29 is 9.53 Å². The van der Waals surface area contributed by atoms with Gasteiger partial charge in [0.25, 0.3) is 0 Å². The zero-order valence-electron chi connectivity index (χ0n) is 13.2. The van der Waals surface area contributed by atoms with E-state index in [0.717, 1.165) is 32.1 Å². The van der Waals surface area contributed by atoms with Crippen molar-refractivity contribution in [1.29, 1.82) is 0 Å². The minimum atomic E-state index is -0.0694. The first kappa shape index (κ1) is 16.7. The summed E-state index contributed by atoms with van der Waals surface area (Å²) in [6.45, 7) is 6.77. The lowest BCUT2D eigenvalue weighted by atomic mass is 9.70. The van der Waals surface area contributed by atoms with Gasteiger partial charge in [-0.3, -0.25) is 4.79 Å². The molecule has 0 aliphatic heterocycles. The summed E-state index contributed by atoms with van der Waals surface area (Å²) in [5.74, 6) is -0.0694. The first-order chi connectivity index (χ1) is 9.68. The van der Waals surface area contributed by atoms with Crippen LogP contribution in [0.25, 0.3) is 0 Å². The Morgan fingerprint density at radius 3 is 2.10 bits per heavy atom. The minimum absolute atomic E-state index is 0.0694. The van der Waals surface area contributed by atoms with Crippen LogP contribution in [0.2, 0.25) is 0 Å². The molecule has 0 saturated carbocycles. The fourth-order valence-corrected chi connectivity index (χ4v) is 3.13. The molecule has 0 heterocycles. The number of rotatable bonds is 9. The van der Waals surface area contributed by atoms with Crippen molar-refractivity contribution in [2.45, 2.75) is 64.7 Å². The van der Waals surface area contributed by atoms with E-state index < -0.39 is 0 Å². The molecule has 0 aromatic heterocycles. The van der Waals surface area contributed by atoms with Crippen molar-refractivity contribution in [3.63, 3.8) is 0 Å². The van der Waals surface area contributed by atoms with Crippen LogP contribution in [0.1, 0.15) is 64.9 Å². The average Bonchev–Trinajstić information content (AvgIpc) is 2.46. The van der Waals surface area contributed by atoms with Crippen LogP contribution in [0, 0.1) is 0 Å². The van der Waals surface area contributed by atoms with Gasteiger partial charge in [-0.1, -0.05) is 57.0 Å². The van der Waals surface area contributed by atoms with Gasteiger partial charge in [0.15, 0.2) is 0 Å². The average molecular weight is 276 g/mol. The zero-order valence-corrected chi connectivity index (χ0v) is 13.2. The van der Waals surface area contributed by atoms with E-state index in [9.17, 15) is 4.79 Å². The second kappa shape index (κ2) is 8.78. The first-order valence-electron chi connectivity index (χ1n) is 7.89. The van der Waals surface area contributed by atoms with Gasteiger partial charge >= 0.3 is 5.97 Å². The van der Waals surface area contributed by atoms with Crippen molar-refractivity contribution in [3.8, 4) is 0 Å². The summed E-state index contributed by atoms with van der Waals surface area (Å²) >= 11 is 0. The highest BCUT2D eigenvalue weighted by Crippen LogP contribution is 2.38. The number of carbonyl (C=O) groups excluding carboxylic acids is 1. The molecule has 0 atom stereocenters. The van der Waals surface area contributed by atoms with Gasteiger partial charge in [0, 0.05) is 6.42 Å². The first-order valence-corrected chi connectivity index (χ1v) is 7.89. The molecule has 0 aliphatic carbocycles. The lowest BCUT2D eigenvalue weighted by Crippen LogP contribution is -2.27. The zero-order chi connectivity index (χ0) is 14.8. The maximum Gasteiger partial charge on any atom is 0.305 e. The molecule has 0 unspecified atom stereocenters. The molecular weight excluding hydrogens is 248 g/mol. The van der Waals surface area contributed by atoms with Crippen LogP contribution in [-0.4, -0.2) is 12.6 Å². The Kier molecular flexibility index (Phi) is 7.35. The molecule has 0 fully saturated rings. The highest BCUT2D eigenvalue weighted by Gasteiger charge is 2.30. The SMILES string of the molecule is CCCC(CCC)(CCC(=O)OCC)c1ccccc1. The van der Waals surface area contributed by atoms with Gasteiger partial charge in [-0.25, -0.2) is 0 Å². The van der Waals surface area contributed by atoms with Gasteiger partial charge in [-0.05, 0) is 37.2 Å². The van der Waals surface area contributed by atoms with E-state index in [-0.39, 0.29) is 11.4 Å². The Labute approximate surface area is 123 Å². The maximum atomic E-state index is 11.7. The van der Waals surface area contributed by atoms with Crippen LogP contribution in [0.5, 0.6) is 0 Å². The fourth-order valence-electron chi connectivity index (χ4n) is 3.13. The second-order valence-electron chi connectivity index (χ2n) is 5.45. The van der Waals surface area contributed by atoms with Gasteiger partial charge in [0.2, 0.25) is 0 Å². The predicted octanol–water partition coefficient (Wildman–Crippen LogP) is 4.87. The topological polar surface area (TPSA) is 26.3 Å². The standard InChI is InChI=1S/C18H28O2/c1-4-13-18(14-5-2,15-12-17(19)20-6-3)16-10-8-7-9-11-16/h7-11H,4-6,12-15H2,1-3H3. The van der Waals surface area contributed by atoms with Crippen molar-refractivity contribution in [2.24, 2.45) is 0 Å². The van der Waals surface area contributed by atoms with Crippen LogP contribution in [0.15, 0.2) is 30.3 Å². The molecule has 0 saturated heterocycles. The molecule has 2 nitrogen and oxygen atoms in total. The highest BCUT2D eigenvalue weighted by molar-refractivity contribution is 5.69. The van der Waals surface area contributed by atoms with Crippen LogP contribution >= 0.6 is 0 Å². The Bertz CT molecular complexity index is 378. The summed E-state index contributed by atoms with van der Waals surface area (Å²) in [5, 5.41) is 0. The number of hydrogen-bond donors (Lipinski definition) is 0. The molecule has 0 amide bonds. The smallest absolute Gasteiger partial charge is 0.305 e. The van der Waals surface area contributed by atoms with Crippen molar-refractivity contribution >= 4 is 5.97 Å². The molecule has 0 aliphatic rings. The Balaban J connectivity index is 2.90. The van der Waals surface area contributed by atoms with Crippen LogP contribution in [-0.2, 0) is 14.9 Å². The van der Waals surface area contributed by atoms with E-state index in [1.165, 1.54) is 5.56 Å². The molecule has 0 N–H and O–H groups in total. The molecule has 112 valence electrons. The molecule has 0 radical (unpaired) electrons. The Hall–Kier alpha value is -1.31. The summed E-state index contributed by atoms with van der Waals surface area (Å²) in [6, 6.07) is 10.7. The van der Waals surface area contributed by atoms with E-state index in [2.05, 4.69) is 44.2 Å². The molecule has 1 aromatic carbocycles. The minimum Gasteiger partial charge on any atom is -0.466 e. The summed E-state index contributed by atoms with van der Waals surface area (Å²) in [4.78, 5) is 11.7. The number of hydrogen-bond acceptors (Lipinski definition) is 2. The third kappa shape index (κ3) is 4.66. The van der Waals surface area contributed by atoms with E-state index in [1.54, 1.807) is 0 Å². The highest BCUT2D eigenvalue weighted by atomic mass is 16.5. The molecular formula is C18H28O2. The maximum absolute atomic E-state index is 11.7. The largest absolute Gasteiger partial charge is 0.466 e. The molecule has 20 heavy (non-hydrogen) atoms. The van der Waals surface area contributed by atoms with Crippen LogP contribution in [0.3, 0.4) is 0 Å². The molecule has 2 heteroatoms. The van der Waals surface area contributed by atoms with E-state index >= 15 is 0 Å². The predicted molar refractivity (Wildman–Crippen MR) is 83.8 cm³/mol. The number of carbonyl (C=O) groups is 1. The number of esters is 1. The Morgan fingerprint density at radius 2 is 1.60 bits per heavy atom. The monoisotopic (exact) mass is 276 g/mol. The lowest BCUT2D eigenvalue weighted by molar-refractivity contribution is -0.143. The van der Waals surface area contributed by atoms with Crippen molar-refractivity contribution in [2.75, 3.05) is 6.61 Å². The number of benzene rings is 1. The summed E-state index contributed by atoms with van der Waals surface area (Å²) in [6.07, 6.45) is 5.93. The third-order valence-corrected chi connectivity index (χ3v) is 3.96. The molecule has 0 bridgehead atoms. The Morgan fingerprint density at radius 1 is 1.00 bits per heavy atom. The second-order valence-corrected chi connectivity index (χ2v) is 5.45. The lowest BCUT2D eigenvalue weighted by Gasteiger charge is -2.34. The van der Waals surface area contributed by atoms with Gasteiger partial charge in [-0.2, -0.15) is 0 Å². The molecule has 1 rings (SSSR count). The normalized spacial score (nSPS) is 11.3. The fraction of sp³-hybridized carbons (Fsp3) is 0.611. The quantitative estimate of drug-likeness (QED) is 0.602. The van der Waals surface area contributed by atoms with Gasteiger partial charge in [0.1, 0.15) is 0 Å². The van der Waals surface area contributed by atoms with Crippen LogP contribution < -0.4 is 0 Å². The van der Waals surface area contributed by atoms with Gasteiger partial charge in [0.05, 0.1) is 6.61 Å². The summed E-state index contributed by atoms with van der Waals surface area (Å²) in [5.41, 5.74) is 1.49. The van der Waals surface area contributed by atoms with Crippen LogP contribution in [0.4, 0.5) is 0 Å². The van der Waals surface area contributed by atoms with E-state index in [4.69, 9.17) is 4.74 Å². The molecule has 1 aromatic rings. The van der Waals surface area contributed by atoms with Crippen molar-refractivity contribution in [1.82, 2.24) is 0 Å². The molecule has 0 spiro atoms.